The van der Waals surface area contributed by atoms with Gasteiger partial charge >= 0.3 is 12.0 Å². The van der Waals surface area contributed by atoms with Crippen LogP contribution in [0.2, 0.25) is 0 Å². The highest BCUT2D eigenvalue weighted by Gasteiger charge is 2.52. The lowest BCUT2D eigenvalue weighted by molar-refractivity contribution is -0.131. The molecule has 7 rings (SSSR count). The van der Waals surface area contributed by atoms with Gasteiger partial charge in [0.05, 0.1) is 0 Å². The smallest absolute Gasteiger partial charge is 0.328 e. The monoisotopic (exact) mass is 522 g/mol. The first kappa shape index (κ1) is 25.2. The van der Waals surface area contributed by atoms with Gasteiger partial charge in [-0.1, -0.05) is 42.5 Å². The van der Waals surface area contributed by atoms with Gasteiger partial charge in [-0.05, 0) is 109 Å². The first-order valence-corrected chi connectivity index (χ1v) is 13.8. The number of urea groups is 1. The maximum Gasteiger partial charge on any atom is 0.328 e. The van der Waals surface area contributed by atoms with Gasteiger partial charge in [0.25, 0.3) is 0 Å². The van der Waals surface area contributed by atoms with Crippen molar-refractivity contribution in [1.29, 1.82) is 0 Å². The van der Waals surface area contributed by atoms with Crippen LogP contribution in [0.25, 0.3) is 17.2 Å². The minimum absolute atomic E-state index is 0.0138. The molecular formula is C33H34N2O4. The quantitative estimate of drug-likeness (QED) is 0.252. The second-order valence-corrected chi connectivity index (χ2v) is 11.7. The SMILES string of the molecule is O=C(O)/C=C/c1ccc(-c2cc(CNC(=O)Nc3ccccc3)c(O)c(C34CC5CC(CC(C5)C3)C4)c2)cc1. The average molecular weight is 523 g/mol. The van der Waals surface area contributed by atoms with Gasteiger partial charge in [-0.25, -0.2) is 9.59 Å². The molecule has 0 radical (unpaired) electrons. The second-order valence-electron chi connectivity index (χ2n) is 11.7. The zero-order chi connectivity index (χ0) is 27.0. The molecule has 3 aromatic rings. The van der Waals surface area contributed by atoms with Crippen molar-refractivity contribution in [3.8, 4) is 16.9 Å². The summed E-state index contributed by atoms with van der Waals surface area (Å²) in [5.41, 5.74) is 5.21. The Kier molecular flexibility index (Phi) is 6.63. The molecule has 4 bridgehead atoms. The van der Waals surface area contributed by atoms with E-state index in [9.17, 15) is 14.7 Å². The molecule has 0 unspecified atom stereocenters. The highest BCUT2D eigenvalue weighted by Crippen LogP contribution is 2.62. The lowest BCUT2D eigenvalue weighted by Gasteiger charge is -2.57. The van der Waals surface area contributed by atoms with Crippen LogP contribution in [-0.2, 0) is 16.8 Å². The molecule has 0 heterocycles. The van der Waals surface area contributed by atoms with Crippen molar-refractivity contribution in [2.75, 3.05) is 5.32 Å². The van der Waals surface area contributed by atoms with Crippen molar-refractivity contribution in [3.05, 3.63) is 89.5 Å². The Morgan fingerprint density at radius 1 is 0.872 bits per heavy atom. The molecule has 200 valence electrons. The van der Waals surface area contributed by atoms with Crippen molar-refractivity contribution >= 4 is 23.8 Å². The minimum atomic E-state index is -0.980. The van der Waals surface area contributed by atoms with Crippen LogP contribution >= 0.6 is 0 Å². The molecule has 6 heteroatoms. The summed E-state index contributed by atoms with van der Waals surface area (Å²) in [6.45, 7) is 0.205. The van der Waals surface area contributed by atoms with E-state index in [1.165, 1.54) is 19.3 Å². The molecule has 0 atom stereocenters. The van der Waals surface area contributed by atoms with Crippen molar-refractivity contribution in [3.63, 3.8) is 0 Å². The first-order valence-electron chi connectivity index (χ1n) is 13.8. The molecular weight excluding hydrogens is 488 g/mol. The Morgan fingerprint density at radius 2 is 1.51 bits per heavy atom. The number of carboxylic acid groups (broad SMARTS) is 1. The van der Waals surface area contributed by atoms with E-state index in [4.69, 9.17) is 5.11 Å². The molecule has 4 aliphatic rings. The standard InChI is InChI=1S/C33H34N2O4/c36-30(37)11-8-21-6-9-25(10-7-21)26-15-27(20-34-32(39)35-28-4-2-1-3-5-28)31(38)29(16-26)33-17-22-12-23(18-33)14-24(13-22)19-33/h1-11,15-16,22-24,38H,12-14,17-20H2,(H,36,37)(H2,34,35,39)/b11-8+. The summed E-state index contributed by atoms with van der Waals surface area (Å²) in [6.07, 6.45) is 10.0. The molecule has 2 amide bonds. The molecule has 6 nitrogen and oxygen atoms in total. The normalized spacial score (nSPS) is 25.1. The number of para-hydroxylation sites is 1. The lowest BCUT2D eigenvalue weighted by atomic mass is 9.48. The Hall–Kier alpha value is -4.06. The van der Waals surface area contributed by atoms with Gasteiger partial charge in [0.1, 0.15) is 5.75 Å². The number of amides is 2. The van der Waals surface area contributed by atoms with E-state index in [0.29, 0.717) is 17.0 Å². The van der Waals surface area contributed by atoms with E-state index in [1.54, 1.807) is 6.08 Å². The summed E-state index contributed by atoms with van der Waals surface area (Å²) >= 11 is 0. The van der Waals surface area contributed by atoms with Gasteiger partial charge in [0.2, 0.25) is 0 Å². The molecule has 0 aromatic heterocycles. The maximum atomic E-state index is 12.7. The van der Waals surface area contributed by atoms with Crippen LogP contribution in [0, 0.1) is 17.8 Å². The topological polar surface area (TPSA) is 98.7 Å². The van der Waals surface area contributed by atoms with Crippen molar-refractivity contribution in [2.45, 2.75) is 50.5 Å². The van der Waals surface area contributed by atoms with Crippen molar-refractivity contribution < 1.29 is 19.8 Å². The molecule has 4 saturated carbocycles. The Morgan fingerprint density at radius 3 is 2.13 bits per heavy atom. The number of rotatable bonds is 7. The zero-order valence-electron chi connectivity index (χ0n) is 21.9. The molecule has 0 saturated heterocycles. The largest absolute Gasteiger partial charge is 0.507 e. The number of carboxylic acids is 1. The molecule has 3 aromatic carbocycles. The fraction of sp³-hybridized carbons (Fsp3) is 0.333. The number of anilines is 1. The van der Waals surface area contributed by atoms with Crippen LogP contribution in [0.5, 0.6) is 5.75 Å². The highest BCUT2D eigenvalue weighted by molar-refractivity contribution is 5.89. The van der Waals surface area contributed by atoms with Gasteiger partial charge < -0.3 is 20.8 Å². The molecule has 0 aliphatic heterocycles. The van der Waals surface area contributed by atoms with Gasteiger partial charge in [-0.15, -0.1) is 0 Å². The second kappa shape index (κ2) is 10.3. The lowest BCUT2D eigenvalue weighted by Crippen LogP contribution is -2.48. The van der Waals surface area contributed by atoms with Crippen LogP contribution in [0.4, 0.5) is 10.5 Å². The fourth-order valence-electron chi connectivity index (χ4n) is 7.67. The summed E-state index contributed by atoms with van der Waals surface area (Å²) in [4.78, 5) is 23.6. The number of phenols is 1. The van der Waals surface area contributed by atoms with E-state index in [2.05, 4.69) is 16.7 Å². The number of aromatic hydroxyl groups is 1. The number of benzene rings is 3. The molecule has 0 spiro atoms. The Bertz CT molecular complexity index is 1380. The van der Waals surface area contributed by atoms with Crippen molar-refractivity contribution in [2.24, 2.45) is 17.8 Å². The maximum absolute atomic E-state index is 12.7. The third-order valence-electron chi connectivity index (χ3n) is 8.93. The fourth-order valence-corrected chi connectivity index (χ4v) is 7.67. The van der Waals surface area contributed by atoms with E-state index in [1.807, 2.05) is 60.7 Å². The number of hydrogen-bond donors (Lipinski definition) is 4. The van der Waals surface area contributed by atoms with Crippen LogP contribution in [-0.4, -0.2) is 22.2 Å². The van der Waals surface area contributed by atoms with E-state index in [-0.39, 0.29) is 18.0 Å². The van der Waals surface area contributed by atoms with Gasteiger partial charge in [0, 0.05) is 29.4 Å². The number of aliphatic carboxylic acids is 1. The average Bonchev–Trinajstić information content (AvgIpc) is 2.91. The molecule has 4 N–H and O–H groups in total. The van der Waals surface area contributed by atoms with E-state index >= 15 is 0 Å². The van der Waals surface area contributed by atoms with Gasteiger partial charge in [-0.3, -0.25) is 0 Å². The number of carbonyl (C=O) groups excluding carboxylic acids is 1. The summed E-state index contributed by atoms with van der Waals surface area (Å²) < 4.78 is 0. The molecule has 39 heavy (non-hydrogen) atoms. The van der Waals surface area contributed by atoms with E-state index < -0.39 is 5.97 Å². The third kappa shape index (κ3) is 5.29. The summed E-state index contributed by atoms with van der Waals surface area (Å²) in [6, 6.07) is 20.9. The summed E-state index contributed by atoms with van der Waals surface area (Å²) in [7, 11) is 0. The third-order valence-corrected chi connectivity index (χ3v) is 8.93. The Balaban J connectivity index is 1.33. The van der Waals surface area contributed by atoms with Crippen molar-refractivity contribution in [1.82, 2.24) is 5.32 Å². The van der Waals surface area contributed by atoms with Crippen LogP contribution in [0.15, 0.2) is 72.8 Å². The predicted molar refractivity (Wildman–Crippen MR) is 152 cm³/mol. The van der Waals surface area contributed by atoms with Crippen LogP contribution < -0.4 is 10.6 Å². The molecule has 4 fully saturated rings. The minimum Gasteiger partial charge on any atom is -0.507 e. The van der Waals surface area contributed by atoms with Crippen LogP contribution in [0.3, 0.4) is 0 Å². The number of phenolic OH excluding ortho intramolecular Hbond substituents is 1. The number of nitrogens with one attached hydrogen (secondary N) is 2. The highest BCUT2D eigenvalue weighted by atomic mass is 16.4. The van der Waals surface area contributed by atoms with Gasteiger partial charge in [-0.2, -0.15) is 0 Å². The number of carbonyl (C=O) groups is 2. The van der Waals surface area contributed by atoms with Gasteiger partial charge in [0.15, 0.2) is 0 Å². The Labute approximate surface area is 228 Å². The zero-order valence-corrected chi connectivity index (χ0v) is 21.9. The first-order chi connectivity index (χ1) is 18.9. The summed E-state index contributed by atoms with van der Waals surface area (Å²) in [5, 5.41) is 26.4. The molecule has 4 aliphatic carbocycles. The van der Waals surface area contributed by atoms with E-state index in [0.717, 1.165) is 65.3 Å². The summed E-state index contributed by atoms with van der Waals surface area (Å²) in [5.74, 6) is 1.53. The number of hydrogen-bond acceptors (Lipinski definition) is 3. The predicted octanol–water partition coefficient (Wildman–Crippen LogP) is 6.95. The van der Waals surface area contributed by atoms with Crippen LogP contribution in [0.1, 0.15) is 55.2 Å².